The normalized spacial score (nSPS) is 27.1. The van der Waals surface area contributed by atoms with Crippen LogP contribution in [-0.2, 0) is 0 Å². The fraction of sp³-hybridized carbons (Fsp3) is 0.800. The molecule has 0 radical (unpaired) electrons. The molecule has 0 aromatic carbocycles. The molecule has 3 heterocycles. The number of hydrogen-bond acceptors (Lipinski definition) is 3. The van der Waals surface area contributed by atoms with Crippen LogP contribution in [0.3, 0.4) is 0 Å². The van der Waals surface area contributed by atoms with Crippen molar-refractivity contribution in [3.8, 4) is 0 Å². The predicted octanol–water partition coefficient (Wildman–Crippen LogP) is 0.560. The Kier molecular flexibility index (Phi) is 1.64. The van der Waals surface area contributed by atoms with Crippen LogP contribution < -0.4 is 5.32 Å². The van der Waals surface area contributed by atoms with Gasteiger partial charge in [-0.25, -0.2) is 0 Å². The van der Waals surface area contributed by atoms with Crippen LogP contribution in [0.2, 0.25) is 0 Å². The van der Waals surface area contributed by atoms with E-state index in [0.717, 1.165) is 6.54 Å². The van der Waals surface area contributed by atoms with Crippen LogP contribution in [0, 0.1) is 0 Å². The summed E-state index contributed by atoms with van der Waals surface area (Å²) in [5.74, 6) is 1.45. The van der Waals surface area contributed by atoms with E-state index in [9.17, 15) is 0 Å². The first kappa shape index (κ1) is 7.54. The molecule has 3 rings (SSSR count). The van der Waals surface area contributed by atoms with Gasteiger partial charge in [0, 0.05) is 32.7 Å². The van der Waals surface area contributed by atoms with E-state index >= 15 is 0 Å². The maximum atomic E-state index is 3.52. The lowest BCUT2D eigenvalue weighted by atomic mass is 10.1. The zero-order valence-corrected chi connectivity index (χ0v) is 8.05. The Hall–Kier alpha value is -0.860. The van der Waals surface area contributed by atoms with E-state index in [1.165, 1.54) is 51.3 Å². The molecule has 72 valence electrons. The van der Waals surface area contributed by atoms with E-state index in [-0.39, 0.29) is 0 Å². The number of piperidine rings is 1. The van der Waals surface area contributed by atoms with Crippen molar-refractivity contribution in [2.45, 2.75) is 19.3 Å². The lowest BCUT2D eigenvalue weighted by Gasteiger charge is -2.40. The number of allylic oxidation sites excluding steroid dienone is 1. The van der Waals surface area contributed by atoms with Crippen LogP contribution in [0.25, 0.3) is 0 Å². The molecule has 13 heavy (non-hydrogen) atoms. The SMILES string of the molecule is C1CCN2CCN3CCNC3=C2C1. The molecule has 0 atom stereocenters. The van der Waals surface area contributed by atoms with E-state index < -0.39 is 0 Å². The monoisotopic (exact) mass is 179 g/mol. The summed E-state index contributed by atoms with van der Waals surface area (Å²) in [4.78, 5) is 5.09. The van der Waals surface area contributed by atoms with Gasteiger partial charge in [0.2, 0.25) is 0 Å². The molecule has 0 aromatic heterocycles. The highest BCUT2D eigenvalue weighted by molar-refractivity contribution is 5.18. The highest BCUT2D eigenvalue weighted by atomic mass is 15.4. The first-order valence-electron chi connectivity index (χ1n) is 5.42. The molecule has 0 aliphatic carbocycles. The molecule has 3 nitrogen and oxygen atoms in total. The molecule has 0 amide bonds. The Labute approximate surface area is 79.4 Å². The largest absolute Gasteiger partial charge is 0.370 e. The van der Waals surface area contributed by atoms with E-state index in [0.29, 0.717) is 0 Å². The second-order valence-corrected chi connectivity index (χ2v) is 4.15. The maximum Gasteiger partial charge on any atom is 0.121 e. The highest BCUT2D eigenvalue weighted by Crippen LogP contribution is 2.28. The summed E-state index contributed by atoms with van der Waals surface area (Å²) in [6.45, 7) is 6.13. The molecule has 0 aromatic rings. The smallest absolute Gasteiger partial charge is 0.121 e. The van der Waals surface area contributed by atoms with Gasteiger partial charge in [0.25, 0.3) is 0 Å². The van der Waals surface area contributed by atoms with Gasteiger partial charge in [-0.3, -0.25) is 0 Å². The van der Waals surface area contributed by atoms with Gasteiger partial charge < -0.3 is 15.1 Å². The van der Waals surface area contributed by atoms with Gasteiger partial charge in [0.05, 0.1) is 5.70 Å². The minimum Gasteiger partial charge on any atom is -0.370 e. The molecule has 0 spiro atoms. The Morgan fingerprint density at radius 1 is 0.923 bits per heavy atom. The van der Waals surface area contributed by atoms with Crippen LogP contribution in [0.5, 0.6) is 0 Å². The summed E-state index contributed by atoms with van der Waals surface area (Å²) in [5.41, 5.74) is 1.59. The lowest BCUT2D eigenvalue weighted by molar-refractivity contribution is 0.207. The van der Waals surface area contributed by atoms with E-state index in [1.54, 1.807) is 5.70 Å². The van der Waals surface area contributed by atoms with Crippen LogP contribution in [0.4, 0.5) is 0 Å². The quantitative estimate of drug-likeness (QED) is 0.586. The van der Waals surface area contributed by atoms with Crippen molar-refractivity contribution in [3.63, 3.8) is 0 Å². The zero-order chi connectivity index (χ0) is 8.67. The van der Waals surface area contributed by atoms with Crippen LogP contribution in [0.15, 0.2) is 11.5 Å². The topological polar surface area (TPSA) is 18.5 Å². The minimum atomic E-state index is 1.15. The molecule has 0 saturated carbocycles. The third-order valence-electron chi connectivity index (χ3n) is 3.38. The second kappa shape index (κ2) is 2.82. The molecular weight excluding hydrogens is 162 g/mol. The molecule has 2 fully saturated rings. The van der Waals surface area contributed by atoms with Gasteiger partial charge in [-0.2, -0.15) is 0 Å². The molecule has 3 heteroatoms. The maximum absolute atomic E-state index is 3.52. The third-order valence-corrected chi connectivity index (χ3v) is 3.38. The van der Waals surface area contributed by atoms with E-state index in [1.807, 2.05) is 0 Å². The first-order valence-corrected chi connectivity index (χ1v) is 5.42. The minimum absolute atomic E-state index is 1.15. The molecule has 2 saturated heterocycles. The van der Waals surface area contributed by atoms with Crippen molar-refractivity contribution in [1.29, 1.82) is 0 Å². The first-order chi connectivity index (χ1) is 6.45. The number of nitrogens with zero attached hydrogens (tertiary/aromatic N) is 2. The Balaban J connectivity index is 1.94. The summed E-state index contributed by atoms with van der Waals surface area (Å²) in [6.07, 6.45) is 4.06. The number of nitrogens with one attached hydrogen (secondary N) is 1. The summed E-state index contributed by atoms with van der Waals surface area (Å²) >= 11 is 0. The third kappa shape index (κ3) is 1.10. The molecular formula is C10H17N3. The summed E-state index contributed by atoms with van der Waals surface area (Å²) in [7, 11) is 0. The number of rotatable bonds is 0. The Morgan fingerprint density at radius 2 is 1.85 bits per heavy atom. The Bertz CT molecular complexity index is 247. The second-order valence-electron chi connectivity index (χ2n) is 4.15. The molecule has 3 aliphatic rings. The van der Waals surface area contributed by atoms with Crippen molar-refractivity contribution in [2.75, 3.05) is 32.7 Å². The molecule has 0 bridgehead atoms. The van der Waals surface area contributed by atoms with E-state index in [2.05, 4.69) is 15.1 Å². The van der Waals surface area contributed by atoms with Crippen molar-refractivity contribution in [2.24, 2.45) is 0 Å². The van der Waals surface area contributed by atoms with Crippen LogP contribution >= 0.6 is 0 Å². The van der Waals surface area contributed by atoms with Gasteiger partial charge in [-0.15, -0.1) is 0 Å². The summed E-state index contributed by atoms with van der Waals surface area (Å²) in [6, 6.07) is 0. The van der Waals surface area contributed by atoms with Gasteiger partial charge in [-0.1, -0.05) is 0 Å². The van der Waals surface area contributed by atoms with Crippen molar-refractivity contribution >= 4 is 0 Å². The van der Waals surface area contributed by atoms with Crippen LogP contribution in [0.1, 0.15) is 19.3 Å². The number of hydrogen-bond donors (Lipinski definition) is 1. The zero-order valence-electron chi connectivity index (χ0n) is 8.05. The van der Waals surface area contributed by atoms with Crippen molar-refractivity contribution in [1.82, 2.24) is 15.1 Å². The highest BCUT2D eigenvalue weighted by Gasteiger charge is 2.29. The van der Waals surface area contributed by atoms with Crippen molar-refractivity contribution < 1.29 is 0 Å². The molecule has 3 aliphatic heterocycles. The standard InChI is InChI=1S/C10H17N3/c1-2-5-12-7-8-13-6-4-11-10(13)9(12)3-1/h11H,1-8H2. The Morgan fingerprint density at radius 3 is 2.85 bits per heavy atom. The fourth-order valence-electron chi connectivity index (χ4n) is 2.69. The number of fused-ring (bicyclic) bond motifs is 2. The summed E-state index contributed by atoms with van der Waals surface area (Å²) < 4.78 is 0. The average molecular weight is 179 g/mol. The van der Waals surface area contributed by atoms with Gasteiger partial charge >= 0.3 is 0 Å². The fourth-order valence-corrected chi connectivity index (χ4v) is 2.69. The molecule has 1 N–H and O–H groups in total. The lowest BCUT2D eigenvalue weighted by Crippen LogP contribution is -2.43. The summed E-state index contributed by atoms with van der Waals surface area (Å²) in [5, 5.41) is 3.52. The van der Waals surface area contributed by atoms with Gasteiger partial charge in [0.1, 0.15) is 5.82 Å². The van der Waals surface area contributed by atoms with Crippen LogP contribution in [-0.4, -0.2) is 42.5 Å². The predicted molar refractivity (Wildman–Crippen MR) is 52.0 cm³/mol. The van der Waals surface area contributed by atoms with Gasteiger partial charge in [-0.05, 0) is 19.3 Å². The molecule has 0 unspecified atom stereocenters. The van der Waals surface area contributed by atoms with E-state index in [4.69, 9.17) is 0 Å². The van der Waals surface area contributed by atoms with Gasteiger partial charge in [0.15, 0.2) is 0 Å². The average Bonchev–Trinajstić information content (AvgIpc) is 2.65. The van der Waals surface area contributed by atoms with Crippen molar-refractivity contribution in [3.05, 3.63) is 11.5 Å².